The van der Waals surface area contributed by atoms with Crippen molar-refractivity contribution in [1.29, 1.82) is 0 Å². The molecule has 7 nitrogen and oxygen atoms in total. The van der Waals surface area contributed by atoms with E-state index in [2.05, 4.69) is 20.7 Å². The highest BCUT2D eigenvalue weighted by atomic mass is 32.1. The van der Waals surface area contributed by atoms with E-state index in [1.165, 1.54) is 30.6 Å². The van der Waals surface area contributed by atoms with E-state index in [0.29, 0.717) is 10.9 Å². The molecular formula is C19H23N5O2S. The van der Waals surface area contributed by atoms with Gasteiger partial charge in [0.25, 0.3) is 0 Å². The van der Waals surface area contributed by atoms with E-state index in [1.807, 2.05) is 31.2 Å². The molecule has 0 aliphatic heterocycles. The first-order valence-electron chi connectivity index (χ1n) is 9.21. The first kappa shape index (κ1) is 17.8. The molecule has 2 amide bonds. The molecule has 2 heterocycles. The highest BCUT2D eigenvalue weighted by Gasteiger charge is 2.18. The first-order chi connectivity index (χ1) is 13.1. The number of urea groups is 1. The van der Waals surface area contributed by atoms with Crippen LogP contribution in [0.2, 0.25) is 0 Å². The second-order valence-electron chi connectivity index (χ2n) is 6.85. The molecule has 1 aliphatic carbocycles. The number of fused-ring (bicyclic) bond motifs is 1. The average molecular weight is 385 g/mol. The molecule has 1 fully saturated rings. The number of nitrogens with zero attached hydrogens (tertiary/aromatic N) is 3. The van der Waals surface area contributed by atoms with Crippen molar-refractivity contribution < 1.29 is 9.53 Å². The number of amides is 2. The zero-order valence-electron chi connectivity index (χ0n) is 15.5. The SMILES string of the molecule is COc1ccc2nc(-n3nc(C)cc3NC(=O)NC3CCCCC3)sc2c1. The van der Waals surface area contributed by atoms with Gasteiger partial charge in [-0.25, -0.2) is 9.78 Å². The van der Waals surface area contributed by atoms with Crippen molar-refractivity contribution in [1.82, 2.24) is 20.1 Å². The van der Waals surface area contributed by atoms with Gasteiger partial charge in [-0.05, 0) is 38.0 Å². The van der Waals surface area contributed by atoms with Gasteiger partial charge in [-0.2, -0.15) is 9.78 Å². The van der Waals surface area contributed by atoms with E-state index in [-0.39, 0.29) is 12.1 Å². The third-order valence-corrected chi connectivity index (χ3v) is 5.77. The van der Waals surface area contributed by atoms with Gasteiger partial charge in [0.15, 0.2) is 0 Å². The lowest BCUT2D eigenvalue weighted by Gasteiger charge is -2.22. The molecule has 0 bridgehead atoms. The lowest BCUT2D eigenvalue weighted by Crippen LogP contribution is -2.39. The highest BCUT2D eigenvalue weighted by Crippen LogP contribution is 2.30. The maximum Gasteiger partial charge on any atom is 0.320 e. The molecule has 1 aliphatic rings. The predicted octanol–water partition coefficient (Wildman–Crippen LogP) is 4.25. The summed E-state index contributed by atoms with van der Waals surface area (Å²) in [7, 11) is 1.65. The fraction of sp³-hybridized carbons (Fsp3) is 0.421. The van der Waals surface area contributed by atoms with Crippen LogP contribution < -0.4 is 15.4 Å². The van der Waals surface area contributed by atoms with E-state index >= 15 is 0 Å². The number of aryl methyl sites for hydroxylation is 1. The second kappa shape index (κ2) is 7.56. The molecule has 142 valence electrons. The lowest BCUT2D eigenvalue weighted by atomic mass is 9.96. The minimum absolute atomic E-state index is 0.189. The van der Waals surface area contributed by atoms with Gasteiger partial charge in [0.2, 0.25) is 5.13 Å². The third-order valence-electron chi connectivity index (χ3n) is 4.78. The maximum absolute atomic E-state index is 12.4. The highest BCUT2D eigenvalue weighted by molar-refractivity contribution is 7.20. The molecule has 1 saturated carbocycles. The number of aromatic nitrogens is 3. The van der Waals surface area contributed by atoms with Crippen LogP contribution in [0.5, 0.6) is 5.75 Å². The fourth-order valence-corrected chi connectivity index (χ4v) is 4.39. The van der Waals surface area contributed by atoms with Crippen molar-refractivity contribution in [2.24, 2.45) is 0 Å². The number of ether oxygens (including phenoxy) is 1. The van der Waals surface area contributed by atoms with Crippen LogP contribution in [0.3, 0.4) is 0 Å². The van der Waals surface area contributed by atoms with Crippen molar-refractivity contribution >= 4 is 33.4 Å². The third kappa shape index (κ3) is 3.90. The topological polar surface area (TPSA) is 81.1 Å². The minimum Gasteiger partial charge on any atom is -0.497 e. The summed E-state index contributed by atoms with van der Waals surface area (Å²) in [5.41, 5.74) is 1.70. The molecule has 1 aromatic carbocycles. The molecule has 27 heavy (non-hydrogen) atoms. The van der Waals surface area contributed by atoms with Crippen LogP contribution in [0.1, 0.15) is 37.8 Å². The van der Waals surface area contributed by atoms with Gasteiger partial charge in [0, 0.05) is 12.1 Å². The molecule has 0 saturated heterocycles. The number of anilines is 1. The van der Waals surface area contributed by atoms with Gasteiger partial charge >= 0.3 is 6.03 Å². The first-order valence-corrected chi connectivity index (χ1v) is 10.0. The van der Waals surface area contributed by atoms with Crippen LogP contribution in [0, 0.1) is 6.92 Å². The molecule has 8 heteroatoms. The summed E-state index contributed by atoms with van der Waals surface area (Å²) in [6.45, 7) is 1.90. The van der Waals surface area contributed by atoms with Gasteiger partial charge < -0.3 is 10.1 Å². The van der Waals surface area contributed by atoms with E-state index in [1.54, 1.807) is 11.8 Å². The summed E-state index contributed by atoms with van der Waals surface area (Å²) in [4.78, 5) is 17.1. The Morgan fingerprint density at radius 3 is 2.85 bits per heavy atom. The number of benzene rings is 1. The van der Waals surface area contributed by atoms with Crippen LogP contribution in [0.15, 0.2) is 24.3 Å². The van der Waals surface area contributed by atoms with Crippen LogP contribution in [0.4, 0.5) is 10.6 Å². The summed E-state index contributed by atoms with van der Waals surface area (Å²) in [6.07, 6.45) is 5.71. The van der Waals surface area contributed by atoms with Gasteiger partial charge in [-0.3, -0.25) is 5.32 Å². The Bertz CT molecular complexity index is 958. The molecule has 3 aromatic rings. The Labute approximate surface area is 161 Å². The van der Waals surface area contributed by atoms with Crippen molar-refractivity contribution in [3.05, 3.63) is 30.0 Å². The summed E-state index contributed by atoms with van der Waals surface area (Å²) in [5, 5.41) is 11.2. The zero-order chi connectivity index (χ0) is 18.8. The number of carbonyl (C=O) groups is 1. The van der Waals surface area contributed by atoms with E-state index < -0.39 is 0 Å². The molecule has 0 atom stereocenters. The number of methoxy groups -OCH3 is 1. The summed E-state index contributed by atoms with van der Waals surface area (Å²) in [6, 6.07) is 7.68. The maximum atomic E-state index is 12.4. The Balaban J connectivity index is 1.56. The summed E-state index contributed by atoms with van der Waals surface area (Å²) in [5.74, 6) is 1.41. The molecular weight excluding hydrogens is 362 g/mol. The monoisotopic (exact) mass is 385 g/mol. The van der Waals surface area contributed by atoms with Crippen LogP contribution in [0.25, 0.3) is 15.3 Å². The largest absolute Gasteiger partial charge is 0.497 e. The Hall–Kier alpha value is -2.61. The van der Waals surface area contributed by atoms with Crippen molar-refractivity contribution in [3.8, 4) is 10.9 Å². The van der Waals surface area contributed by atoms with Crippen molar-refractivity contribution in [2.45, 2.75) is 45.1 Å². The summed E-state index contributed by atoms with van der Waals surface area (Å²) < 4.78 is 7.98. The average Bonchev–Trinajstić information content (AvgIpc) is 3.24. The minimum atomic E-state index is -0.189. The van der Waals surface area contributed by atoms with E-state index in [9.17, 15) is 4.79 Å². The van der Waals surface area contributed by atoms with Crippen molar-refractivity contribution in [3.63, 3.8) is 0 Å². The smallest absolute Gasteiger partial charge is 0.320 e. The van der Waals surface area contributed by atoms with Gasteiger partial charge in [0.1, 0.15) is 11.6 Å². The van der Waals surface area contributed by atoms with E-state index in [0.717, 1.165) is 34.5 Å². The van der Waals surface area contributed by atoms with E-state index in [4.69, 9.17) is 4.74 Å². The standard InChI is InChI=1S/C19H23N5O2S/c1-12-10-17(22-18(25)20-13-6-4-3-5-7-13)24(23-12)19-21-15-9-8-14(26-2)11-16(15)27-19/h8-11,13H,3-7H2,1-2H3,(H2,20,22,25). The summed E-state index contributed by atoms with van der Waals surface area (Å²) >= 11 is 1.51. The zero-order valence-corrected chi connectivity index (χ0v) is 16.3. The van der Waals surface area contributed by atoms with Crippen LogP contribution in [-0.4, -0.2) is 33.9 Å². The molecule has 0 unspecified atom stereocenters. The number of thiazole rings is 1. The molecule has 2 N–H and O–H groups in total. The van der Waals surface area contributed by atoms with Gasteiger partial charge in [-0.1, -0.05) is 30.6 Å². The molecule has 4 rings (SSSR count). The Morgan fingerprint density at radius 2 is 2.07 bits per heavy atom. The number of nitrogens with one attached hydrogen (secondary N) is 2. The Morgan fingerprint density at radius 1 is 1.26 bits per heavy atom. The number of carbonyl (C=O) groups excluding carboxylic acids is 1. The number of hydrogen-bond acceptors (Lipinski definition) is 5. The van der Waals surface area contributed by atoms with Gasteiger partial charge in [0.05, 0.1) is 23.0 Å². The molecule has 0 radical (unpaired) electrons. The number of hydrogen-bond donors (Lipinski definition) is 2. The van der Waals surface area contributed by atoms with Crippen LogP contribution >= 0.6 is 11.3 Å². The lowest BCUT2D eigenvalue weighted by molar-refractivity contribution is 0.244. The van der Waals surface area contributed by atoms with Gasteiger partial charge in [-0.15, -0.1) is 0 Å². The van der Waals surface area contributed by atoms with Crippen molar-refractivity contribution in [2.75, 3.05) is 12.4 Å². The fourth-order valence-electron chi connectivity index (χ4n) is 3.43. The van der Waals surface area contributed by atoms with Crippen LogP contribution in [-0.2, 0) is 0 Å². The quantitative estimate of drug-likeness (QED) is 0.703. The second-order valence-corrected chi connectivity index (χ2v) is 7.86. The molecule has 2 aromatic heterocycles. The molecule has 0 spiro atoms. The Kier molecular flexibility index (Phi) is 4.98. The predicted molar refractivity (Wildman–Crippen MR) is 107 cm³/mol. The normalized spacial score (nSPS) is 15.0. The number of rotatable bonds is 4.